The number of carboxylic acid groups (broad SMARTS) is 1. The van der Waals surface area contributed by atoms with E-state index in [1.165, 1.54) is 0 Å². The van der Waals surface area contributed by atoms with Crippen molar-refractivity contribution < 1.29 is 19.9 Å². The topological polar surface area (TPSA) is 104 Å². The first-order valence-electron chi connectivity index (χ1n) is 5.41. The smallest absolute Gasteiger partial charge is 0.451 e. The molecule has 0 aliphatic rings. The molecule has 0 heterocycles. The molecule has 1 aromatic carbocycles. The molecular formula is C11H16BNO4. The summed E-state index contributed by atoms with van der Waals surface area (Å²) in [5.41, 5.74) is 7.25. The van der Waals surface area contributed by atoms with E-state index < -0.39 is 19.1 Å². The highest BCUT2D eigenvalue weighted by Gasteiger charge is 2.12. The molecule has 0 amide bonds. The van der Waals surface area contributed by atoms with Gasteiger partial charge >= 0.3 is 13.1 Å². The monoisotopic (exact) mass is 237 g/mol. The lowest BCUT2D eigenvalue weighted by Crippen LogP contribution is -2.32. The predicted octanol–water partition coefficient (Wildman–Crippen LogP) is -0.344. The number of aryl methyl sites for hydroxylation is 1. The van der Waals surface area contributed by atoms with E-state index in [4.69, 9.17) is 20.9 Å². The van der Waals surface area contributed by atoms with Gasteiger partial charge < -0.3 is 20.9 Å². The van der Waals surface area contributed by atoms with Gasteiger partial charge in [0.1, 0.15) is 6.04 Å². The zero-order chi connectivity index (χ0) is 12.8. The minimum atomic E-state index is -1.30. The Morgan fingerprint density at radius 2 is 1.76 bits per heavy atom. The van der Waals surface area contributed by atoms with Crippen molar-refractivity contribution in [2.45, 2.75) is 25.2 Å². The molecule has 5 N–H and O–H groups in total. The second-order valence-electron chi connectivity index (χ2n) is 3.98. The van der Waals surface area contributed by atoms with Crippen molar-refractivity contribution >= 4 is 13.1 Å². The fourth-order valence-corrected chi connectivity index (χ4v) is 1.48. The van der Waals surface area contributed by atoms with E-state index in [1.807, 2.05) is 24.3 Å². The second kappa shape index (κ2) is 6.39. The van der Waals surface area contributed by atoms with Crippen LogP contribution in [0.5, 0.6) is 0 Å². The molecule has 5 nitrogen and oxygen atoms in total. The summed E-state index contributed by atoms with van der Waals surface area (Å²) in [5.74, 6) is -1.02. The minimum absolute atomic E-state index is 0.286. The Morgan fingerprint density at radius 3 is 2.24 bits per heavy atom. The quantitative estimate of drug-likeness (QED) is 0.506. The SMILES string of the molecule is NC(Cc1ccc(CCB(O)O)cc1)C(=O)O. The highest BCUT2D eigenvalue weighted by atomic mass is 16.4. The van der Waals surface area contributed by atoms with Crippen LogP contribution in [0.25, 0.3) is 0 Å². The largest absolute Gasteiger partial charge is 0.480 e. The number of hydrogen-bond acceptors (Lipinski definition) is 4. The third-order valence-corrected chi connectivity index (χ3v) is 2.49. The third kappa shape index (κ3) is 4.99. The standard InChI is InChI=1S/C11H16BNO4/c13-10(11(14)15)7-9-3-1-8(2-4-9)5-6-12(16)17/h1-4,10,16-17H,5-7,13H2,(H,14,15). The molecule has 0 bridgehead atoms. The molecule has 1 aromatic rings. The highest BCUT2D eigenvalue weighted by Crippen LogP contribution is 2.09. The Hall–Kier alpha value is -1.37. The Bertz CT molecular complexity index is 366. The number of rotatable bonds is 6. The van der Waals surface area contributed by atoms with Crippen molar-refractivity contribution in [2.75, 3.05) is 0 Å². The van der Waals surface area contributed by atoms with Crippen LogP contribution in [0.4, 0.5) is 0 Å². The van der Waals surface area contributed by atoms with Crippen molar-refractivity contribution in [3.8, 4) is 0 Å². The Balaban J connectivity index is 2.53. The van der Waals surface area contributed by atoms with Crippen LogP contribution in [0, 0.1) is 0 Å². The van der Waals surface area contributed by atoms with Gasteiger partial charge in [-0.3, -0.25) is 4.79 Å². The number of aliphatic carboxylic acids is 1. The fourth-order valence-electron chi connectivity index (χ4n) is 1.48. The summed E-state index contributed by atoms with van der Waals surface area (Å²) in [5, 5.41) is 26.1. The van der Waals surface area contributed by atoms with E-state index in [0.717, 1.165) is 11.1 Å². The summed E-state index contributed by atoms with van der Waals surface area (Å²) in [4.78, 5) is 10.6. The Labute approximate surface area is 100 Å². The van der Waals surface area contributed by atoms with Gasteiger partial charge in [0.15, 0.2) is 0 Å². The van der Waals surface area contributed by atoms with Crippen LogP contribution >= 0.6 is 0 Å². The lowest BCUT2D eigenvalue weighted by molar-refractivity contribution is -0.138. The zero-order valence-electron chi connectivity index (χ0n) is 9.41. The van der Waals surface area contributed by atoms with E-state index in [9.17, 15) is 4.79 Å². The van der Waals surface area contributed by atoms with Gasteiger partial charge in [0.2, 0.25) is 0 Å². The van der Waals surface area contributed by atoms with Gasteiger partial charge in [-0.15, -0.1) is 0 Å². The normalized spacial score (nSPS) is 12.2. The molecule has 1 unspecified atom stereocenters. The molecule has 17 heavy (non-hydrogen) atoms. The summed E-state index contributed by atoms with van der Waals surface area (Å²) >= 11 is 0. The van der Waals surface area contributed by atoms with Crippen LogP contribution in [0.15, 0.2) is 24.3 Å². The lowest BCUT2D eigenvalue weighted by Gasteiger charge is -2.07. The fraction of sp³-hybridized carbons (Fsp3) is 0.364. The molecule has 1 atom stereocenters. The number of carboxylic acids is 1. The van der Waals surface area contributed by atoms with Crippen molar-refractivity contribution in [3.63, 3.8) is 0 Å². The van der Waals surface area contributed by atoms with Gasteiger partial charge in [-0.1, -0.05) is 24.3 Å². The van der Waals surface area contributed by atoms with E-state index in [0.29, 0.717) is 6.42 Å². The van der Waals surface area contributed by atoms with Gasteiger partial charge in [0, 0.05) is 0 Å². The summed E-state index contributed by atoms with van der Waals surface area (Å²) in [7, 11) is -1.30. The van der Waals surface area contributed by atoms with Gasteiger partial charge in [0.25, 0.3) is 0 Å². The molecular weight excluding hydrogens is 221 g/mol. The first kappa shape index (κ1) is 13.7. The summed E-state index contributed by atoms with van der Waals surface area (Å²) < 4.78 is 0. The van der Waals surface area contributed by atoms with Crippen molar-refractivity contribution in [2.24, 2.45) is 5.73 Å². The van der Waals surface area contributed by atoms with Crippen LogP contribution in [0.1, 0.15) is 11.1 Å². The van der Waals surface area contributed by atoms with Gasteiger partial charge in [-0.05, 0) is 30.3 Å². The van der Waals surface area contributed by atoms with Crippen LogP contribution in [0.3, 0.4) is 0 Å². The van der Waals surface area contributed by atoms with E-state index in [1.54, 1.807) is 0 Å². The molecule has 0 fully saturated rings. The zero-order valence-corrected chi connectivity index (χ0v) is 9.41. The summed E-state index contributed by atoms with van der Waals surface area (Å²) in [6.45, 7) is 0. The number of hydrogen-bond donors (Lipinski definition) is 4. The van der Waals surface area contributed by atoms with Crippen molar-refractivity contribution in [1.29, 1.82) is 0 Å². The molecule has 0 saturated heterocycles. The van der Waals surface area contributed by atoms with Crippen LogP contribution in [0.2, 0.25) is 6.32 Å². The molecule has 1 rings (SSSR count). The number of nitrogens with two attached hydrogens (primary N) is 1. The van der Waals surface area contributed by atoms with E-state index in [-0.39, 0.29) is 12.7 Å². The predicted molar refractivity (Wildman–Crippen MR) is 64.5 cm³/mol. The van der Waals surface area contributed by atoms with Gasteiger partial charge in [0.05, 0.1) is 0 Å². The van der Waals surface area contributed by atoms with Gasteiger partial charge in [-0.2, -0.15) is 0 Å². The molecule has 0 aliphatic carbocycles. The number of carbonyl (C=O) groups is 1. The highest BCUT2D eigenvalue weighted by molar-refractivity contribution is 6.40. The maximum atomic E-state index is 10.6. The first-order chi connectivity index (χ1) is 7.99. The van der Waals surface area contributed by atoms with Crippen molar-refractivity contribution in [1.82, 2.24) is 0 Å². The van der Waals surface area contributed by atoms with Crippen LogP contribution in [-0.2, 0) is 17.6 Å². The Kier molecular flexibility index (Phi) is 5.15. The average molecular weight is 237 g/mol. The summed E-state index contributed by atoms with van der Waals surface area (Å²) in [6, 6.07) is 6.41. The molecule has 0 radical (unpaired) electrons. The summed E-state index contributed by atoms with van der Waals surface area (Å²) in [6.07, 6.45) is 1.15. The van der Waals surface area contributed by atoms with Gasteiger partial charge in [-0.25, -0.2) is 0 Å². The van der Waals surface area contributed by atoms with Crippen LogP contribution < -0.4 is 5.73 Å². The second-order valence-corrected chi connectivity index (χ2v) is 3.98. The van der Waals surface area contributed by atoms with Crippen molar-refractivity contribution in [3.05, 3.63) is 35.4 Å². The average Bonchev–Trinajstić information content (AvgIpc) is 2.28. The third-order valence-electron chi connectivity index (χ3n) is 2.49. The lowest BCUT2D eigenvalue weighted by atomic mass is 9.82. The van der Waals surface area contributed by atoms with E-state index >= 15 is 0 Å². The molecule has 0 saturated carbocycles. The molecule has 0 aromatic heterocycles. The molecule has 92 valence electrons. The number of benzene rings is 1. The molecule has 0 spiro atoms. The molecule has 6 heteroatoms. The Morgan fingerprint density at radius 1 is 1.24 bits per heavy atom. The first-order valence-corrected chi connectivity index (χ1v) is 5.41. The maximum Gasteiger partial charge on any atom is 0.451 e. The minimum Gasteiger partial charge on any atom is -0.480 e. The maximum absolute atomic E-state index is 10.6. The molecule has 0 aliphatic heterocycles. The van der Waals surface area contributed by atoms with Crippen LogP contribution in [-0.4, -0.2) is 34.3 Å². The van der Waals surface area contributed by atoms with E-state index in [2.05, 4.69) is 0 Å².